The topological polar surface area (TPSA) is 54.0 Å². The minimum absolute atomic E-state index is 0.364. The van der Waals surface area contributed by atoms with E-state index in [9.17, 15) is 5.11 Å². The van der Waals surface area contributed by atoms with Crippen LogP contribution in [-0.2, 0) is 15.0 Å². The van der Waals surface area contributed by atoms with Gasteiger partial charge in [-0.3, -0.25) is 10.2 Å². The molecule has 5 heteroatoms. The molecule has 2 aromatic rings. The van der Waals surface area contributed by atoms with Crippen LogP contribution in [0.1, 0.15) is 30.4 Å². The van der Waals surface area contributed by atoms with Gasteiger partial charge in [-0.05, 0) is 30.4 Å². The smallest absolute Gasteiger partial charge is 0.164 e. The fourth-order valence-electron chi connectivity index (χ4n) is 4.01. The number of ether oxygens (including phenoxy) is 2. The highest BCUT2D eigenvalue weighted by Gasteiger charge is 2.47. The van der Waals surface area contributed by atoms with Crippen molar-refractivity contribution in [2.24, 2.45) is 0 Å². The van der Waals surface area contributed by atoms with Gasteiger partial charge in [0.2, 0.25) is 0 Å². The number of aliphatic hydroxyl groups is 1. The van der Waals surface area contributed by atoms with Crippen molar-refractivity contribution in [2.45, 2.75) is 31.2 Å². The number of hydrogen-bond donors (Lipinski definition) is 2. The van der Waals surface area contributed by atoms with Gasteiger partial charge in [-0.2, -0.15) is 0 Å². The summed E-state index contributed by atoms with van der Waals surface area (Å²) in [5, 5.41) is 14.0. The molecule has 3 rings (SSSR count). The van der Waals surface area contributed by atoms with E-state index in [1.165, 1.54) is 11.1 Å². The van der Waals surface area contributed by atoms with E-state index in [1.54, 1.807) is 7.11 Å². The van der Waals surface area contributed by atoms with Crippen molar-refractivity contribution in [2.75, 3.05) is 40.0 Å². The fourth-order valence-corrected chi connectivity index (χ4v) is 4.01. The Bertz CT molecular complexity index is 641. The highest BCUT2D eigenvalue weighted by molar-refractivity contribution is 5.40. The van der Waals surface area contributed by atoms with Crippen LogP contribution in [0.15, 0.2) is 60.7 Å². The first-order valence-corrected chi connectivity index (χ1v) is 10.1. The van der Waals surface area contributed by atoms with E-state index >= 15 is 0 Å². The molecule has 0 saturated carbocycles. The zero-order valence-electron chi connectivity index (χ0n) is 16.7. The van der Waals surface area contributed by atoms with Crippen LogP contribution in [0.4, 0.5) is 0 Å². The van der Waals surface area contributed by atoms with Crippen LogP contribution in [0.5, 0.6) is 0 Å². The molecule has 5 nitrogen and oxygen atoms in total. The number of hydrogen-bond acceptors (Lipinski definition) is 5. The molecule has 1 aliphatic heterocycles. The van der Waals surface area contributed by atoms with Crippen LogP contribution < -0.4 is 5.32 Å². The lowest BCUT2D eigenvalue weighted by molar-refractivity contribution is -0.0190. The molecular formula is C23H32N2O3. The first-order chi connectivity index (χ1) is 13.8. The van der Waals surface area contributed by atoms with Crippen molar-refractivity contribution in [1.82, 2.24) is 10.2 Å². The van der Waals surface area contributed by atoms with E-state index in [0.29, 0.717) is 19.8 Å². The maximum absolute atomic E-state index is 10.7. The molecule has 0 aromatic heterocycles. The summed E-state index contributed by atoms with van der Waals surface area (Å²) in [6, 6.07) is 21.0. The third-order valence-corrected chi connectivity index (χ3v) is 5.45. The third kappa shape index (κ3) is 4.80. The Morgan fingerprint density at radius 1 is 0.929 bits per heavy atom. The van der Waals surface area contributed by atoms with E-state index in [1.807, 2.05) is 12.1 Å². The van der Waals surface area contributed by atoms with Gasteiger partial charge in [-0.25, -0.2) is 0 Å². The predicted molar refractivity (Wildman–Crippen MR) is 111 cm³/mol. The molecular weight excluding hydrogens is 352 g/mol. The molecule has 1 unspecified atom stereocenters. The molecule has 0 bridgehead atoms. The molecule has 0 spiro atoms. The van der Waals surface area contributed by atoms with E-state index in [4.69, 9.17) is 9.47 Å². The zero-order chi connectivity index (χ0) is 19.7. The van der Waals surface area contributed by atoms with E-state index in [0.717, 1.165) is 32.4 Å². The van der Waals surface area contributed by atoms with Crippen LogP contribution in [0.2, 0.25) is 0 Å². The van der Waals surface area contributed by atoms with Crippen LogP contribution in [0.3, 0.4) is 0 Å². The number of rotatable bonds is 11. The third-order valence-electron chi connectivity index (χ3n) is 5.45. The van der Waals surface area contributed by atoms with E-state index in [2.05, 4.69) is 58.7 Å². The van der Waals surface area contributed by atoms with Gasteiger partial charge < -0.3 is 14.6 Å². The van der Waals surface area contributed by atoms with Gasteiger partial charge in [0.1, 0.15) is 0 Å². The van der Waals surface area contributed by atoms with Crippen LogP contribution >= 0.6 is 0 Å². The molecule has 1 aliphatic rings. The van der Waals surface area contributed by atoms with Gasteiger partial charge in [0.25, 0.3) is 0 Å². The Morgan fingerprint density at radius 3 is 2.18 bits per heavy atom. The molecule has 152 valence electrons. The summed E-state index contributed by atoms with van der Waals surface area (Å²) < 4.78 is 10.5. The average molecular weight is 385 g/mol. The zero-order valence-corrected chi connectivity index (χ0v) is 16.7. The Morgan fingerprint density at radius 2 is 1.57 bits per heavy atom. The lowest BCUT2D eigenvalue weighted by Gasteiger charge is -2.40. The number of nitrogens with zero attached hydrogens (tertiary/aromatic N) is 1. The molecule has 1 saturated heterocycles. The van der Waals surface area contributed by atoms with Gasteiger partial charge in [-0.1, -0.05) is 60.7 Å². The van der Waals surface area contributed by atoms with Gasteiger partial charge >= 0.3 is 0 Å². The Kier molecular flexibility index (Phi) is 8.01. The van der Waals surface area contributed by atoms with Crippen LogP contribution in [0.25, 0.3) is 0 Å². The highest BCUT2D eigenvalue weighted by atomic mass is 16.5. The monoisotopic (exact) mass is 384 g/mol. The summed E-state index contributed by atoms with van der Waals surface area (Å²) in [5.41, 5.74) is 2.04. The lowest BCUT2D eigenvalue weighted by atomic mass is 9.82. The van der Waals surface area contributed by atoms with E-state index in [-0.39, 0.29) is 5.54 Å². The number of unbranched alkanes of at least 4 members (excludes halogenated alkanes) is 2. The first-order valence-electron chi connectivity index (χ1n) is 10.1. The number of nitrogens with one attached hydrogen (secondary N) is 1. The van der Waals surface area contributed by atoms with Crippen molar-refractivity contribution >= 4 is 0 Å². The molecule has 28 heavy (non-hydrogen) atoms. The Hall–Kier alpha value is -1.76. The van der Waals surface area contributed by atoms with Gasteiger partial charge in [0.15, 0.2) is 6.35 Å². The number of benzene rings is 2. The normalized spacial score (nSPS) is 19.1. The van der Waals surface area contributed by atoms with Gasteiger partial charge in [0, 0.05) is 26.8 Å². The molecule has 0 amide bonds. The summed E-state index contributed by atoms with van der Waals surface area (Å²) in [6.45, 7) is 3.55. The molecule has 1 fully saturated rings. The summed E-state index contributed by atoms with van der Waals surface area (Å²) in [6.07, 6.45) is 2.44. The quantitative estimate of drug-likeness (QED) is 0.584. The molecule has 2 N–H and O–H groups in total. The second-order valence-electron chi connectivity index (χ2n) is 7.21. The van der Waals surface area contributed by atoms with Crippen molar-refractivity contribution in [3.63, 3.8) is 0 Å². The predicted octanol–water partition coefficient (Wildman–Crippen LogP) is 2.94. The standard InChI is InChI=1S/C23H32N2O3/c1-27-17-18-28-16-10-4-9-15-25-22(26)24-19-23(25,20-11-5-2-6-12-20)21-13-7-3-8-14-21/h2-3,5-8,11-14,22,24,26H,4,9-10,15-19H2,1H3. The highest BCUT2D eigenvalue weighted by Crippen LogP contribution is 2.39. The maximum atomic E-state index is 10.7. The minimum atomic E-state index is -0.654. The summed E-state index contributed by atoms with van der Waals surface area (Å²) in [4.78, 5) is 2.20. The van der Waals surface area contributed by atoms with Crippen LogP contribution in [0, 0.1) is 0 Å². The lowest BCUT2D eigenvalue weighted by Crippen LogP contribution is -2.48. The molecule has 1 atom stereocenters. The number of aliphatic hydroxyl groups excluding tert-OH is 1. The van der Waals surface area contributed by atoms with Crippen molar-refractivity contribution in [1.29, 1.82) is 0 Å². The van der Waals surface area contributed by atoms with Crippen molar-refractivity contribution in [3.8, 4) is 0 Å². The molecule has 0 radical (unpaired) electrons. The maximum Gasteiger partial charge on any atom is 0.164 e. The second kappa shape index (κ2) is 10.7. The Labute approximate surface area is 168 Å². The Balaban J connectivity index is 1.69. The molecule has 0 aliphatic carbocycles. The van der Waals surface area contributed by atoms with Gasteiger partial charge in [-0.15, -0.1) is 0 Å². The first kappa shape index (κ1) is 21.0. The molecule has 2 aromatic carbocycles. The van der Waals surface area contributed by atoms with Crippen LogP contribution in [-0.4, -0.2) is 56.4 Å². The van der Waals surface area contributed by atoms with Crippen molar-refractivity contribution < 1.29 is 14.6 Å². The largest absolute Gasteiger partial charge is 0.382 e. The summed E-state index contributed by atoms with van der Waals surface area (Å²) in [5.74, 6) is 0. The second-order valence-corrected chi connectivity index (χ2v) is 7.21. The van der Waals surface area contributed by atoms with Gasteiger partial charge in [0.05, 0.1) is 18.8 Å². The van der Waals surface area contributed by atoms with Crippen molar-refractivity contribution in [3.05, 3.63) is 71.8 Å². The van der Waals surface area contributed by atoms with E-state index < -0.39 is 6.35 Å². The SMILES string of the molecule is COCCOCCCCCN1C(O)NCC1(c1ccccc1)c1ccccc1. The summed E-state index contributed by atoms with van der Waals surface area (Å²) in [7, 11) is 1.68. The fraction of sp³-hybridized carbons (Fsp3) is 0.478. The molecule has 1 heterocycles. The average Bonchev–Trinajstić information content (AvgIpc) is 3.08. The minimum Gasteiger partial charge on any atom is -0.382 e. The number of methoxy groups -OCH3 is 1. The summed E-state index contributed by atoms with van der Waals surface area (Å²) >= 11 is 0.